The Morgan fingerprint density at radius 1 is 1.22 bits per heavy atom. The normalized spacial score (nSPS) is 11.3. The third-order valence-corrected chi connectivity index (χ3v) is 4.34. The fourth-order valence-corrected chi connectivity index (χ4v) is 2.90. The molecule has 0 aliphatic rings. The van der Waals surface area contributed by atoms with Crippen molar-refractivity contribution in [3.05, 3.63) is 58.4 Å². The van der Waals surface area contributed by atoms with Gasteiger partial charge in [0, 0.05) is 35.2 Å². The Morgan fingerprint density at radius 2 is 1.96 bits per heavy atom. The number of hydrogen-bond acceptors (Lipinski definition) is 5. The van der Waals surface area contributed by atoms with Crippen molar-refractivity contribution in [2.75, 3.05) is 6.54 Å². The SMILES string of the molecule is CC(C)(CCN)NC(=O)c1cc(CC(=O)Cc2cc(Cl)ccc2O)ccn1. The summed E-state index contributed by atoms with van der Waals surface area (Å²) in [5, 5.41) is 13.2. The number of rotatable bonds is 8. The van der Waals surface area contributed by atoms with Gasteiger partial charge >= 0.3 is 0 Å². The minimum Gasteiger partial charge on any atom is -0.508 e. The van der Waals surface area contributed by atoms with Crippen molar-refractivity contribution in [3.8, 4) is 5.75 Å². The Balaban J connectivity index is 2.05. The number of nitrogens with two attached hydrogens (primary N) is 1. The summed E-state index contributed by atoms with van der Waals surface area (Å²) in [6, 6.07) is 7.88. The summed E-state index contributed by atoms with van der Waals surface area (Å²) < 4.78 is 0. The number of nitrogens with one attached hydrogen (secondary N) is 1. The van der Waals surface area contributed by atoms with Crippen LogP contribution in [-0.4, -0.2) is 33.9 Å². The minimum atomic E-state index is -0.441. The van der Waals surface area contributed by atoms with E-state index >= 15 is 0 Å². The molecule has 0 aliphatic carbocycles. The van der Waals surface area contributed by atoms with Gasteiger partial charge in [-0.05, 0) is 62.7 Å². The predicted octanol–water partition coefficient (Wildman–Crippen LogP) is 2.65. The Bertz CT molecular complexity index is 837. The fraction of sp³-hybridized carbons (Fsp3) is 0.350. The molecule has 0 radical (unpaired) electrons. The molecule has 0 saturated heterocycles. The molecule has 0 fully saturated rings. The molecular weight excluding hydrogens is 366 g/mol. The lowest BCUT2D eigenvalue weighted by Crippen LogP contribution is -2.45. The van der Waals surface area contributed by atoms with Crippen molar-refractivity contribution in [2.45, 2.75) is 38.6 Å². The van der Waals surface area contributed by atoms with Crippen LogP contribution in [-0.2, 0) is 17.6 Å². The zero-order valence-corrected chi connectivity index (χ0v) is 16.2. The monoisotopic (exact) mass is 389 g/mol. The fourth-order valence-electron chi connectivity index (χ4n) is 2.70. The third-order valence-electron chi connectivity index (χ3n) is 4.11. The van der Waals surface area contributed by atoms with E-state index in [1.807, 2.05) is 13.8 Å². The second kappa shape index (κ2) is 8.97. The molecule has 0 saturated carbocycles. The molecule has 27 heavy (non-hydrogen) atoms. The summed E-state index contributed by atoms with van der Waals surface area (Å²) in [6.07, 6.45) is 2.32. The summed E-state index contributed by atoms with van der Waals surface area (Å²) in [5.41, 5.74) is 6.52. The molecule has 0 bridgehead atoms. The van der Waals surface area contributed by atoms with Crippen LogP contribution < -0.4 is 11.1 Å². The van der Waals surface area contributed by atoms with Gasteiger partial charge in [-0.25, -0.2) is 0 Å². The summed E-state index contributed by atoms with van der Waals surface area (Å²) in [7, 11) is 0. The Hall–Kier alpha value is -2.44. The van der Waals surface area contributed by atoms with E-state index in [0.29, 0.717) is 29.1 Å². The average molecular weight is 390 g/mol. The molecule has 1 aromatic carbocycles. The molecule has 0 unspecified atom stereocenters. The molecule has 2 rings (SSSR count). The summed E-state index contributed by atoms with van der Waals surface area (Å²) in [5.74, 6) is -0.381. The first-order valence-corrected chi connectivity index (χ1v) is 9.04. The largest absolute Gasteiger partial charge is 0.508 e. The number of amides is 1. The number of carbonyl (C=O) groups is 2. The van der Waals surface area contributed by atoms with Gasteiger partial charge < -0.3 is 16.2 Å². The Labute approximate surface area is 163 Å². The lowest BCUT2D eigenvalue weighted by Gasteiger charge is -2.25. The van der Waals surface area contributed by atoms with Gasteiger partial charge in [0.1, 0.15) is 17.2 Å². The Kier molecular flexibility index (Phi) is 6.93. The first kappa shape index (κ1) is 20.9. The van der Waals surface area contributed by atoms with Crippen LogP contribution in [0.2, 0.25) is 5.02 Å². The number of benzene rings is 1. The summed E-state index contributed by atoms with van der Waals surface area (Å²) in [4.78, 5) is 28.8. The first-order chi connectivity index (χ1) is 12.7. The van der Waals surface area contributed by atoms with Crippen molar-refractivity contribution >= 4 is 23.3 Å². The first-order valence-electron chi connectivity index (χ1n) is 8.67. The Morgan fingerprint density at radius 3 is 2.67 bits per heavy atom. The topological polar surface area (TPSA) is 105 Å². The molecule has 0 aliphatic heterocycles. The van der Waals surface area contributed by atoms with E-state index < -0.39 is 5.54 Å². The van der Waals surface area contributed by atoms with Crippen LogP contribution in [0.15, 0.2) is 36.5 Å². The zero-order valence-electron chi connectivity index (χ0n) is 15.5. The van der Waals surface area contributed by atoms with E-state index in [0.717, 1.165) is 0 Å². The average Bonchev–Trinajstić information content (AvgIpc) is 2.57. The van der Waals surface area contributed by atoms with E-state index in [9.17, 15) is 14.7 Å². The number of carbonyl (C=O) groups excluding carboxylic acids is 2. The highest BCUT2D eigenvalue weighted by molar-refractivity contribution is 6.30. The minimum absolute atomic E-state index is 0.0321. The van der Waals surface area contributed by atoms with Crippen molar-refractivity contribution < 1.29 is 14.7 Å². The zero-order chi connectivity index (χ0) is 20.0. The molecule has 1 aromatic heterocycles. The van der Waals surface area contributed by atoms with Gasteiger partial charge in [0.25, 0.3) is 5.91 Å². The molecule has 2 aromatic rings. The maximum atomic E-state index is 12.4. The molecule has 6 nitrogen and oxygen atoms in total. The van der Waals surface area contributed by atoms with E-state index in [1.54, 1.807) is 24.3 Å². The number of aromatic nitrogens is 1. The number of Topliss-reactive ketones (excluding diaryl/α,β-unsaturated/α-hetero) is 1. The van der Waals surface area contributed by atoms with Crippen LogP contribution in [0.1, 0.15) is 41.9 Å². The van der Waals surface area contributed by atoms with Crippen LogP contribution in [0.25, 0.3) is 0 Å². The molecule has 0 spiro atoms. The number of ketones is 1. The number of aromatic hydroxyl groups is 1. The van der Waals surface area contributed by atoms with Crippen LogP contribution in [0.5, 0.6) is 5.75 Å². The lowest BCUT2D eigenvalue weighted by molar-refractivity contribution is -0.117. The van der Waals surface area contributed by atoms with E-state index in [1.165, 1.54) is 12.3 Å². The number of nitrogens with zero attached hydrogens (tertiary/aromatic N) is 1. The van der Waals surface area contributed by atoms with E-state index in [-0.39, 0.29) is 36.0 Å². The van der Waals surface area contributed by atoms with Gasteiger partial charge in [-0.15, -0.1) is 0 Å². The predicted molar refractivity (Wildman–Crippen MR) is 105 cm³/mol. The van der Waals surface area contributed by atoms with Gasteiger partial charge in [0.15, 0.2) is 0 Å². The van der Waals surface area contributed by atoms with Gasteiger partial charge in [-0.1, -0.05) is 11.6 Å². The van der Waals surface area contributed by atoms with Crippen molar-refractivity contribution in [3.63, 3.8) is 0 Å². The number of halogens is 1. The number of pyridine rings is 1. The smallest absolute Gasteiger partial charge is 0.270 e. The molecular formula is C20H24ClN3O3. The van der Waals surface area contributed by atoms with Crippen LogP contribution in [0.4, 0.5) is 0 Å². The number of phenols is 1. The summed E-state index contributed by atoms with van der Waals surface area (Å²) >= 11 is 5.91. The number of phenolic OH excluding ortho intramolecular Hbond substituents is 1. The van der Waals surface area contributed by atoms with Crippen LogP contribution in [0, 0.1) is 0 Å². The molecule has 1 amide bonds. The summed E-state index contributed by atoms with van der Waals surface area (Å²) in [6.45, 7) is 4.25. The van der Waals surface area contributed by atoms with Crippen molar-refractivity contribution in [2.24, 2.45) is 5.73 Å². The highest BCUT2D eigenvalue weighted by Crippen LogP contribution is 2.22. The second-order valence-electron chi connectivity index (χ2n) is 7.09. The highest BCUT2D eigenvalue weighted by atomic mass is 35.5. The maximum absolute atomic E-state index is 12.4. The van der Waals surface area contributed by atoms with Gasteiger partial charge in [-0.2, -0.15) is 0 Å². The highest BCUT2D eigenvalue weighted by Gasteiger charge is 2.21. The van der Waals surface area contributed by atoms with Gasteiger partial charge in [0.2, 0.25) is 0 Å². The van der Waals surface area contributed by atoms with E-state index in [2.05, 4.69) is 10.3 Å². The van der Waals surface area contributed by atoms with Crippen molar-refractivity contribution in [1.29, 1.82) is 0 Å². The molecule has 1 heterocycles. The molecule has 4 N–H and O–H groups in total. The molecule has 7 heteroatoms. The quantitative estimate of drug-likeness (QED) is 0.643. The standard InChI is InChI=1S/C20H24ClN3O3/c1-20(2,6-7-22)24-19(27)17-10-13(5-8-23-17)9-16(25)12-14-11-15(21)3-4-18(14)26/h3-5,8,10-11,26H,6-7,9,12,22H2,1-2H3,(H,24,27). The molecule has 144 valence electrons. The van der Waals surface area contributed by atoms with Crippen molar-refractivity contribution in [1.82, 2.24) is 10.3 Å². The number of hydrogen-bond donors (Lipinski definition) is 3. The van der Waals surface area contributed by atoms with E-state index in [4.69, 9.17) is 17.3 Å². The maximum Gasteiger partial charge on any atom is 0.270 e. The van der Waals surface area contributed by atoms with Gasteiger partial charge in [-0.3, -0.25) is 14.6 Å². The second-order valence-corrected chi connectivity index (χ2v) is 7.53. The lowest BCUT2D eigenvalue weighted by atomic mass is 10.00. The third kappa shape index (κ3) is 6.34. The van der Waals surface area contributed by atoms with Gasteiger partial charge in [0.05, 0.1) is 0 Å². The molecule has 0 atom stereocenters. The van der Waals surface area contributed by atoms with Crippen LogP contribution in [0.3, 0.4) is 0 Å². The van der Waals surface area contributed by atoms with Crippen LogP contribution >= 0.6 is 11.6 Å².